The van der Waals surface area contributed by atoms with Gasteiger partial charge in [0.25, 0.3) is 20.0 Å². The lowest BCUT2D eigenvalue weighted by molar-refractivity contribution is -0.193. The van der Waals surface area contributed by atoms with Crippen molar-refractivity contribution in [3.05, 3.63) is 97.5 Å². The Morgan fingerprint density at radius 2 is 1.41 bits per heavy atom. The van der Waals surface area contributed by atoms with E-state index in [4.69, 9.17) is 35.8 Å². The van der Waals surface area contributed by atoms with Gasteiger partial charge in [-0.05, 0) is 84.3 Å². The first-order valence-electron chi connectivity index (χ1n) is 26.5. The third-order valence-corrected chi connectivity index (χ3v) is 18.4. The molecule has 2 aromatic carbocycles. The number of fused-ring (bicyclic) bond motifs is 1. The van der Waals surface area contributed by atoms with E-state index >= 15 is 0 Å². The number of alkyl halides is 3. The van der Waals surface area contributed by atoms with Gasteiger partial charge in [-0.1, -0.05) is 36.7 Å². The topological polar surface area (TPSA) is 465 Å². The van der Waals surface area contributed by atoms with Crippen LogP contribution in [0.5, 0.6) is 17.8 Å². The molecular formula is C50H64ClF4N14O19PS6. The van der Waals surface area contributed by atoms with E-state index in [0.717, 1.165) is 60.3 Å². The zero-order chi connectivity index (χ0) is 71.6. The Morgan fingerprint density at radius 3 is 1.96 bits per heavy atom. The molecule has 524 valence electrons. The highest BCUT2D eigenvalue weighted by molar-refractivity contribution is 8.00. The van der Waals surface area contributed by atoms with Crippen LogP contribution in [0.15, 0.2) is 90.3 Å². The van der Waals surface area contributed by atoms with E-state index in [0.29, 0.717) is 33.7 Å². The van der Waals surface area contributed by atoms with Crippen LogP contribution in [0.3, 0.4) is 0 Å². The maximum Gasteiger partial charge on any atom is 0.389 e. The summed E-state index contributed by atoms with van der Waals surface area (Å²) in [5, 5.41) is 13.6. The quantitative estimate of drug-likeness (QED) is 0.0177. The van der Waals surface area contributed by atoms with Crippen LogP contribution in [0.2, 0.25) is 5.02 Å². The molecule has 33 nitrogen and oxygen atoms in total. The van der Waals surface area contributed by atoms with Gasteiger partial charge >= 0.3 is 41.1 Å². The number of ether oxygens (including phenoxy) is 4. The van der Waals surface area contributed by atoms with Gasteiger partial charge in [0.1, 0.15) is 29.8 Å². The van der Waals surface area contributed by atoms with Gasteiger partial charge in [-0.25, -0.2) is 54.9 Å². The molecule has 0 saturated heterocycles. The number of aromatic nitrogens is 8. The van der Waals surface area contributed by atoms with Crippen LogP contribution in [0.4, 0.5) is 44.7 Å². The lowest BCUT2D eigenvalue weighted by atomic mass is 10.1. The van der Waals surface area contributed by atoms with Crippen LogP contribution in [0, 0.1) is 12.7 Å². The van der Waals surface area contributed by atoms with Crippen LogP contribution in [0.25, 0.3) is 0 Å². The third kappa shape index (κ3) is 28.7. The van der Waals surface area contributed by atoms with Gasteiger partial charge in [0, 0.05) is 30.6 Å². The number of benzene rings is 2. The molecule has 95 heavy (non-hydrogen) atoms. The minimum absolute atomic E-state index is 0.0605. The van der Waals surface area contributed by atoms with Crippen LogP contribution in [-0.2, 0) is 79.2 Å². The summed E-state index contributed by atoms with van der Waals surface area (Å²) in [6.45, 7) is 3.70. The van der Waals surface area contributed by atoms with Crippen molar-refractivity contribution in [1.29, 1.82) is 0 Å². The molecule has 4 aromatic heterocycles. The second-order valence-electron chi connectivity index (χ2n) is 18.7. The van der Waals surface area contributed by atoms with Crippen molar-refractivity contribution in [2.75, 3.05) is 82.2 Å². The number of amides is 4. The van der Waals surface area contributed by atoms with Crippen molar-refractivity contribution >= 4 is 125 Å². The van der Waals surface area contributed by atoms with Crippen LogP contribution in [0.1, 0.15) is 37.6 Å². The minimum atomic E-state index is -4.61. The molecule has 6 aromatic rings. The molecule has 1 aliphatic heterocycles. The number of esters is 1. The highest BCUT2D eigenvalue weighted by Crippen LogP contribution is 2.34. The van der Waals surface area contributed by atoms with Gasteiger partial charge < -0.3 is 38.4 Å². The monoisotopic (exact) mass is 1500 g/mol. The summed E-state index contributed by atoms with van der Waals surface area (Å²) in [5.74, 6) is -2.67. The van der Waals surface area contributed by atoms with Crippen LogP contribution < -0.4 is 54.2 Å². The van der Waals surface area contributed by atoms with Gasteiger partial charge in [0.15, 0.2) is 14.9 Å². The maximum absolute atomic E-state index is 14.3. The summed E-state index contributed by atoms with van der Waals surface area (Å²) < 4.78 is 162. The molecule has 1 unspecified atom stereocenters. The Balaban J connectivity index is 0.000000337. The number of aliphatic carboxylic acids is 1. The van der Waals surface area contributed by atoms with Crippen molar-refractivity contribution in [1.82, 2.24) is 54.0 Å². The fourth-order valence-electron chi connectivity index (χ4n) is 6.83. The average Bonchev–Trinajstić information content (AvgIpc) is 1.62. The molecule has 0 bridgehead atoms. The average molecular weight is 1500 g/mol. The molecule has 45 heteroatoms. The molecule has 5 heterocycles. The number of thioether (sulfide) groups is 1. The first kappa shape index (κ1) is 81.6. The largest absolute Gasteiger partial charge is 0.778 e. The number of sulfone groups is 1. The van der Waals surface area contributed by atoms with E-state index in [-0.39, 0.29) is 68.1 Å². The number of nitrogens with one attached hydrogen (secondary N) is 5. The highest BCUT2D eigenvalue weighted by Gasteiger charge is 2.31. The number of carbonyl (C=O) groups excluding carboxylic acids is 3. The third-order valence-electron chi connectivity index (χ3n) is 10.8. The van der Waals surface area contributed by atoms with Crippen molar-refractivity contribution < 1.29 is 100 Å². The molecule has 0 fully saturated rings. The van der Waals surface area contributed by atoms with Gasteiger partial charge in [-0.2, -0.15) is 46.5 Å². The summed E-state index contributed by atoms with van der Waals surface area (Å²) in [6.07, 6.45) is 2.67. The van der Waals surface area contributed by atoms with Gasteiger partial charge in [-0.15, -0.1) is 11.8 Å². The van der Waals surface area contributed by atoms with Crippen LogP contribution in [-0.4, -0.2) is 176 Å². The number of hydrogen-bond donors (Lipinski definition) is 7. The summed E-state index contributed by atoms with van der Waals surface area (Å²) in [5.41, 5.74) is 0.0114. The Kier molecular flexibility index (Phi) is 32.3. The van der Waals surface area contributed by atoms with Crippen molar-refractivity contribution in [2.24, 2.45) is 4.99 Å². The van der Waals surface area contributed by atoms with E-state index < -0.39 is 114 Å². The number of anilines is 2. The molecule has 0 aliphatic carbocycles. The molecule has 7 N–H and O–H groups in total. The lowest BCUT2D eigenvalue weighted by Crippen LogP contribution is -2.36. The number of pyridine rings is 1. The summed E-state index contributed by atoms with van der Waals surface area (Å²) in [6, 6.07) is 8.93. The molecule has 1 aliphatic rings. The normalized spacial score (nSPS) is 12.7. The molecule has 0 spiro atoms. The number of methoxy groups -OCH3 is 4. The number of halogens is 5. The smallest absolute Gasteiger partial charge is 0.389 e. The number of aryl methyl sites for hydroxylation is 2. The van der Waals surface area contributed by atoms with E-state index in [1.807, 2.05) is 5.32 Å². The number of nitrogens with zero attached hydrogens (tertiary/aromatic N) is 9. The van der Waals surface area contributed by atoms with Crippen molar-refractivity contribution in [3.63, 3.8) is 0 Å². The number of sulfonamides is 2. The maximum atomic E-state index is 14.3. The van der Waals surface area contributed by atoms with E-state index in [9.17, 15) is 76.2 Å². The standard InChI is InChI=1S/C15H15ClFN3O3S2.C15H16F3N5O4S.C14H17N5O7S2.C3H8NO5P.C3H9S/c1-23-13(21)8-24-12-7-11(10(17)6-9(12)16)18-14-19-4-2-3-5-20(19)15(22)25-14;1-9-19-12(22-14(20-9)27-2)21-13(24)23-28(25,26)11-6-4-3-5-10(11)7-8-15(16,17)18;1-4-27(21,22)9-6-5-7-15-12(9)28(23,24)19-14(20)18-13-16-10(25-2)8-11(17-13)26-3;5-3(6)1-4-2-10(7,8)9;1-4(2)3/h6-7H,2-5,8H2,1H3;3-6H,7-8H2,1-2H3,(H2,19,20,21,22,23,24);5-8H,4H2,1-3H3,(H2,16,17,18,19,20);4H,1-2H2,(H,5,6)(H2,7,8,9);1-3H3/q;;;;+1/p-1/b18-14-;;;;. The summed E-state index contributed by atoms with van der Waals surface area (Å²) in [7, 11) is -11.4. The Morgan fingerprint density at radius 1 is 0.842 bits per heavy atom. The van der Waals surface area contributed by atoms with Crippen LogP contribution >= 0.6 is 42.3 Å². The van der Waals surface area contributed by atoms with E-state index in [1.165, 1.54) is 78.7 Å². The minimum Gasteiger partial charge on any atom is -0.778 e. The Labute approximate surface area is 556 Å². The first-order chi connectivity index (χ1) is 44.3. The Bertz CT molecular complexity index is 4160. The Hall–Kier alpha value is -7.61. The molecule has 1 atom stereocenters. The number of rotatable bonds is 21. The van der Waals surface area contributed by atoms with Crippen molar-refractivity contribution in [3.8, 4) is 17.8 Å². The number of carboxylic acid groups (broad SMARTS) is 1. The van der Waals surface area contributed by atoms with Gasteiger partial charge in [-0.3, -0.25) is 35.0 Å². The predicted molar refractivity (Wildman–Crippen MR) is 338 cm³/mol. The van der Waals surface area contributed by atoms with Gasteiger partial charge in [0.05, 0.1) is 87.5 Å². The number of urea groups is 2. The first-order valence-corrected chi connectivity index (χ1v) is 37.5. The molecule has 0 saturated carbocycles. The SMILES string of the molecule is CCS(=O)(=O)c1cccnc1S(=O)(=O)NC(=O)Nc1nc(OC)cc(OC)n1.COC(=O)CSc1cc(/N=c2\sc(=O)n3n2CCCC3)c(F)cc1Cl.COc1nc(C)nc(NC(=O)NS(=O)(=O)c2ccccc2CCC(F)(F)F)n1.C[S+](C)C.O=C(O)CNCP(=O)([O-])O. The molecule has 4 amide bonds. The fourth-order valence-corrected chi connectivity index (χ4v) is 12.9. The zero-order valence-electron chi connectivity index (χ0n) is 51.5. The number of carboxylic acids is 1. The second kappa shape index (κ2) is 37.6. The second-order valence-corrected chi connectivity index (χ2v) is 30.6. The molecular weight excluding hydrogens is 1440 g/mol. The summed E-state index contributed by atoms with van der Waals surface area (Å²) in [4.78, 5) is 102. The number of hydrogen-bond acceptors (Lipinski definition) is 27. The lowest BCUT2D eigenvalue weighted by Gasteiger charge is -2.15. The van der Waals surface area contributed by atoms with Crippen molar-refractivity contribution in [2.45, 2.75) is 78.5 Å². The van der Waals surface area contributed by atoms with E-state index in [1.54, 1.807) is 18.8 Å². The predicted octanol–water partition coefficient (Wildman–Crippen LogP) is 3.84. The molecule has 7 rings (SSSR count). The van der Waals surface area contributed by atoms with E-state index in [2.05, 4.69) is 69.0 Å². The highest BCUT2D eigenvalue weighted by atomic mass is 35.5. The molecule has 0 radical (unpaired) electrons. The summed E-state index contributed by atoms with van der Waals surface area (Å²) >= 11 is 8.17. The van der Waals surface area contributed by atoms with Gasteiger partial charge in [0.2, 0.25) is 28.5 Å². The number of carbonyl (C=O) groups is 4. The zero-order valence-corrected chi connectivity index (χ0v) is 58.0. The fraction of sp³-hybridized carbons (Fsp3) is 0.400.